The molecule has 98 valence electrons. The van der Waals surface area contributed by atoms with Gasteiger partial charge in [-0.3, -0.25) is 4.79 Å². The maximum absolute atomic E-state index is 11.5. The molecule has 17 heavy (non-hydrogen) atoms. The first-order chi connectivity index (χ1) is 8.09. The van der Waals surface area contributed by atoms with Crippen molar-refractivity contribution in [2.45, 2.75) is 31.4 Å². The van der Waals surface area contributed by atoms with Crippen molar-refractivity contribution in [3.63, 3.8) is 0 Å². The predicted molar refractivity (Wildman–Crippen MR) is 65.9 cm³/mol. The van der Waals surface area contributed by atoms with Crippen molar-refractivity contribution < 1.29 is 9.53 Å². The maximum atomic E-state index is 11.5. The van der Waals surface area contributed by atoms with Gasteiger partial charge in [0.15, 0.2) is 0 Å². The summed E-state index contributed by atoms with van der Waals surface area (Å²) < 4.78 is 5.56. The van der Waals surface area contributed by atoms with Crippen LogP contribution < -0.4 is 10.6 Å². The molecule has 0 unspecified atom stereocenters. The second-order valence-corrected chi connectivity index (χ2v) is 5.40. The topological polar surface area (TPSA) is 53.6 Å². The van der Waals surface area contributed by atoms with Crippen LogP contribution in [-0.2, 0) is 9.53 Å². The number of carbonyl (C=O) groups excluding carboxylic acids is 1. The average Bonchev–Trinajstić information content (AvgIpc) is 3.07. The highest BCUT2D eigenvalue weighted by atomic mass is 16.5. The van der Waals surface area contributed by atoms with Gasteiger partial charge in [-0.05, 0) is 26.8 Å². The fraction of sp³-hybridized carbons (Fsp3) is 0.917. The highest BCUT2D eigenvalue weighted by molar-refractivity contribution is 5.77. The van der Waals surface area contributed by atoms with Gasteiger partial charge in [-0.25, -0.2) is 0 Å². The number of likely N-dealkylation sites (N-methyl/N-ethyl adjacent to an activating group) is 1. The van der Waals surface area contributed by atoms with Crippen LogP contribution in [0.5, 0.6) is 0 Å². The largest absolute Gasteiger partial charge is 0.363 e. The third-order valence-electron chi connectivity index (χ3n) is 3.51. The molecule has 0 bridgehead atoms. The van der Waals surface area contributed by atoms with Crippen molar-refractivity contribution in [2.24, 2.45) is 0 Å². The van der Waals surface area contributed by atoms with E-state index in [4.69, 9.17) is 4.74 Å². The quantitative estimate of drug-likeness (QED) is 0.635. The molecule has 1 saturated carbocycles. The average molecular weight is 241 g/mol. The van der Waals surface area contributed by atoms with Crippen LogP contribution >= 0.6 is 0 Å². The summed E-state index contributed by atoms with van der Waals surface area (Å²) in [4.78, 5) is 13.8. The second kappa shape index (κ2) is 5.33. The van der Waals surface area contributed by atoms with E-state index in [0.29, 0.717) is 6.54 Å². The number of hydrogen-bond donors (Lipinski definition) is 2. The molecule has 0 radical (unpaired) electrons. The SMILES string of the molecule is CN(CCNC(=O)COC1(C)CNC1)C1CC1. The fourth-order valence-corrected chi connectivity index (χ4v) is 1.94. The van der Waals surface area contributed by atoms with Crippen LogP contribution in [0.3, 0.4) is 0 Å². The maximum Gasteiger partial charge on any atom is 0.246 e. The lowest BCUT2D eigenvalue weighted by molar-refractivity contribution is -0.135. The Balaban J connectivity index is 1.51. The van der Waals surface area contributed by atoms with E-state index in [1.165, 1.54) is 12.8 Å². The molecule has 1 heterocycles. The molecular weight excluding hydrogens is 218 g/mol. The Morgan fingerprint density at radius 3 is 2.76 bits per heavy atom. The molecule has 5 nitrogen and oxygen atoms in total. The second-order valence-electron chi connectivity index (χ2n) is 5.40. The standard InChI is InChI=1S/C12H23N3O2/c1-12(8-13-9-12)17-7-11(16)14-5-6-15(2)10-3-4-10/h10,13H,3-9H2,1-2H3,(H,14,16). The predicted octanol–water partition coefficient (Wildman–Crippen LogP) is -0.425. The molecule has 0 aromatic heterocycles. The zero-order valence-corrected chi connectivity index (χ0v) is 10.8. The van der Waals surface area contributed by atoms with E-state index >= 15 is 0 Å². The summed E-state index contributed by atoms with van der Waals surface area (Å²) in [5, 5.41) is 6.03. The molecule has 1 saturated heterocycles. The molecule has 0 spiro atoms. The van der Waals surface area contributed by atoms with Crippen molar-refractivity contribution in [1.29, 1.82) is 0 Å². The molecule has 0 atom stereocenters. The summed E-state index contributed by atoms with van der Waals surface area (Å²) in [5.74, 6) is -0.0117. The number of rotatable bonds is 7. The Kier molecular flexibility index (Phi) is 4.01. The highest BCUT2D eigenvalue weighted by Crippen LogP contribution is 2.24. The van der Waals surface area contributed by atoms with Crippen molar-refractivity contribution in [2.75, 3.05) is 39.8 Å². The lowest BCUT2D eigenvalue weighted by Gasteiger charge is -2.38. The van der Waals surface area contributed by atoms with Crippen molar-refractivity contribution in [3.05, 3.63) is 0 Å². The third kappa shape index (κ3) is 3.94. The fourth-order valence-electron chi connectivity index (χ4n) is 1.94. The van der Waals surface area contributed by atoms with Gasteiger partial charge in [0.25, 0.3) is 0 Å². The van der Waals surface area contributed by atoms with E-state index in [9.17, 15) is 4.79 Å². The summed E-state index contributed by atoms with van der Waals surface area (Å²) in [6, 6.07) is 0.753. The van der Waals surface area contributed by atoms with Gasteiger partial charge in [-0.1, -0.05) is 0 Å². The Labute approximate surface area is 103 Å². The molecule has 0 aromatic rings. The molecule has 2 fully saturated rings. The van der Waals surface area contributed by atoms with Gasteiger partial charge in [0, 0.05) is 32.2 Å². The van der Waals surface area contributed by atoms with Gasteiger partial charge in [0.05, 0.1) is 5.60 Å². The van der Waals surface area contributed by atoms with E-state index < -0.39 is 0 Å². The van der Waals surface area contributed by atoms with Crippen LogP contribution in [0.1, 0.15) is 19.8 Å². The van der Waals surface area contributed by atoms with E-state index in [-0.39, 0.29) is 18.1 Å². The number of nitrogens with zero attached hydrogens (tertiary/aromatic N) is 1. The third-order valence-corrected chi connectivity index (χ3v) is 3.51. The van der Waals surface area contributed by atoms with Crippen LogP contribution in [-0.4, -0.2) is 62.3 Å². The Morgan fingerprint density at radius 1 is 1.53 bits per heavy atom. The molecule has 2 N–H and O–H groups in total. The molecule has 5 heteroatoms. The first kappa shape index (κ1) is 12.8. The number of nitrogens with one attached hydrogen (secondary N) is 2. The van der Waals surface area contributed by atoms with Crippen molar-refractivity contribution >= 4 is 5.91 Å². The molecular formula is C12H23N3O2. The molecule has 2 rings (SSSR count). The van der Waals surface area contributed by atoms with E-state index in [0.717, 1.165) is 25.7 Å². The zero-order chi connectivity index (χ0) is 12.3. The number of hydrogen-bond acceptors (Lipinski definition) is 4. The van der Waals surface area contributed by atoms with Crippen LogP contribution in [0.2, 0.25) is 0 Å². The van der Waals surface area contributed by atoms with Gasteiger partial charge in [0.2, 0.25) is 5.91 Å². The molecule has 2 aliphatic rings. The van der Waals surface area contributed by atoms with E-state index in [2.05, 4.69) is 22.6 Å². The van der Waals surface area contributed by atoms with Crippen molar-refractivity contribution in [3.8, 4) is 0 Å². The van der Waals surface area contributed by atoms with Gasteiger partial charge in [-0.15, -0.1) is 0 Å². The number of amides is 1. The molecule has 1 amide bonds. The Hall–Kier alpha value is -0.650. The van der Waals surface area contributed by atoms with Gasteiger partial charge >= 0.3 is 0 Å². The first-order valence-corrected chi connectivity index (χ1v) is 6.41. The van der Waals surface area contributed by atoms with Crippen LogP contribution in [0.25, 0.3) is 0 Å². The number of carbonyl (C=O) groups is 1. The molecule has 0 aromatic carbocycles. The van der Waals surface area contributed by atoms with E-state index in [1.807, 2.05) is 6.92 Å². The molecule has 1 aliphatic heterocycles. The minimum absolute atomic E-state index is 0.0117. The highest BCUT2D eigenvalue weighted by Gasteiger charge is 2.33. The number of ether oxygens (including phenoxy) is 1. The van der Waals surface area contributed by atoms with Gasteiger partial charge < -0.3 is 20.3 Å². The Bertz CT molecular complexity index is 275. The lowest BCUT2D eigenvalue weighted by atomic mass is 10.0. The zero-order valence-electron chi connectivity index (χ0n) is 10.8. The first-order valence-electron chi connectivity index (χ1n) is 6.41. The summed E-state index contributed by atoms with van der Waals surface area (Å²) in [7, 11) is 2.11. The van der Waals surface area contributed by atoms with Gasteiger partial charge in [0.1, 0.15) is 6.61 Å². The van der Waals surface area contributed by atoms with Crippen LogP contribution in [0, 0.1) is 0 Å². The summed E-state index contributed by atoms with van der Waals surface area (Å²) >= 11 is 0. The monoisotopic (exact) mass is 241 g/mol. The smallest absolute Gasteiger partial charge is 0.246 e. The summed E-state index contributed by atoms with van der Waals surface area (Å²) in [5.41, 5.74) is -0.137. The minimum Gasteiger partial charge on any atom is -0.363 e. The summed E-state index contributed by atoms with van der Waals surface area (Å²) in [6.45, 7) is 5.51. The lowest BCUT2D eigenvalue weighted by Crippen LogP contribution is -2.59. The van der Waals surface area contributed by atoms with Crippen molar-refractivity contribution in [1.82, 2.24) is 15.5 Å². The summed E-state index contributed by atoms with van der Waals surface area (Å²) in [6.07, 6.45) is 2.61. The van der Waals surface area contributed by atoms with Crippen LogP contribution in [0.15, 0.2) is 0 Å². The van der Waals surface area contributed by atoms with E-state index in [1.54, 1.807) is 0 Å². The van der Waals surface area contributed by atoms with Crippen LogP contribution in [0.4, 0.5) is 0 Å². The minimum atomic E-state index is -0.137. The van der Waals surface area contributed by atoms with Gasteiger partial charge in [-0.2, -0.15) is 0 Å². The normalized spacial score (nSPS) is 22.3. The Morgan fingerprint density at radius 2 is 2.24 bits per heavy atom. The molecule has 1 aliphatic carbocycles.